The summed E-state index contributed by atoms with van der Waals surface area (Å²) in [5.74, 6) is 0.521. The molecule has 1 heterocycles. The van der Waals surface area contributed by atoms with Crippen LogP contribution in [0.4, 0.5) is 0 Å². The first-order chi connectivity index (χ1) is 8.25. The molecule has 0 bridgehead atoms. The molecule has 1 aliphatic carbocycles. The van der Waals surface area contributed by atoms with Gasteiger partial charge in [0.2, 0.25) is 5.91 Å². The van der Waals surface area contributed by atoms with Crippen molar-refractivity contribution >= 4 is 5.91 Å². The van der Waals surface area contributed by atoms with E-state index in [4.69, 9.17) is 0 Å². The van der Waals surface area contributed by atoms with Gasteiger partial charge in [-0.25, -0.2) is 0 Å². The van der Waals surface area contributed by atoms with Gasteiger partial charge in [-0.1, -0.05) is 6.42 Å². The van der Waals surface area contributed by atoms with E-state index in [9.17, 15) is 9.90 Å². The Morgan fingerprint density at radius 2 is 2.18 bits per heavy atom. The Morgan fingerprint density at radius 1 is 1.35 bits per heavy atom. The highest BCUT2D eigenvalue weighted by molar-refractivity contribution is 5.75. The third kappa shape index (κ3) is 4.64. The highest BCUT2D eigenvalue weighted by Crippen LogP contribution is 2.32. The number of hydrogen-bond acceptors (Lipinski definition) is 3. The molecular weight excluding hydrogens is 216 g/mol. The topological polar surface area (TPSA) is 61.4 Å². The summed E-state index contributed by atoms with van der Waals surface area (Å²) in [5, 5.41) is 15.9. The quantitative estimate of drug-likeness (QED) is 0.643. The second-order valence-electron chi connectivity index (χ2n) is 5.39. The van der Waals surface area contributed by atoms with E-state index < -0.39 is 0 Å². The van der Waals surface area contributed by atoms with Crippen LogP contribution < -0.4 is 10.6 Å². The molecule has 1 saturated carbocycles. The fourth-order valence-electron chi connectivity index (χ4n) is 2.43. The molecule has 1 aliphatic heterocycles. The maximum absolute atomic E-state index is 11.6. The van der Waals surface area contributed by atoms with E-state index in [1.807, 2.05) is 0 Å². The maximum Gasteiger partial charge on any atom is 0.220 e. The molecule has 17 heavy (non-hydrogen) atoms. The lowest BCUT2D eigenvalue weighted by molar-refractivity contribution is -0.121. The van der Waals surface area contributed by atoms with E-state index in [1.54, 1.807) is 0 Å². The molecule has 2 rings (SSSR count). The van der Waals surface area contributed by atoms with Crippen LogP contribution in [0.3, 0.4) is 0 Å². The molecule has 2 unspecified atom stereocenters. The van der Waals surface area contributed by atoms with Crippen molar-refractivity contribution in [2.45, 2.75) is 57.1 Å². The van der Waals surface area contributed by atoms with E-state index in [2.05, 4.69) is 10.6 Å². The summed E-state index contributed by atoms with van der Waals surface area (Å²) in [6.45, 7) is 1.52. The third-order valence-corrected chi connectivity index (χ3v) is 3.81. The lowest BCUT2D eigenvalue weighted by Crippen LogP contribution is -2.37. The van der Waals surface area contributed by atoms with Gasteiger partial charge in [-0.3, -0.25) is 4.79 Å². The summed E-state index contributed by atoms with van der Waals surface area (Å²) in [6, 6.07) is 0.517. The Kier molecular flexibility index (Phi) is 4.80. The van der Waals surface area contributed by atoms with Gasteiger partial charge in [0, 0.05) is 19.0 Å². The summed E-state index contributed by atoms with van der Waals surface area (Å²) < 4.78 is 0. The first-order valence-corrected chi connectivity index (χ1v) is 6.94. The molecular formula is C13H24N2O2. The highest BCUT2D eigenvalue weighted by Gasteiger charge is 2.29. The molecule has 0 radical (unpaired) electrons. The Hall–Kier alpha value is -0.610. The number of nitrogens with one attached hydrogen (secondary N) is 2. The number of carbonyl (C=O) groups is 1. The van der Waals surface area contributed by atoms with Crippen molar-refractivity contribution < 1.29 is 9.90 Å². The number of piperidine rings is 1. The molecule has 0 aromatic heterocycles. The van der Waals surface area contributed by atoms with Crippen LogP contribution in [0.2, 0.25) is 0 Å². The lowest BCUT2D eigenvalue weighted by Gasteiger charge is -2.23. The highest BCUT2D eigenvalue weighted by atomic mass is 16.3. The fourth-order valence-corrected chi connectivity index (χ4v) is 2.43. The first-order valence-electron chi connectivity index (χ1n) is 6.94. The zero-order valence-corrected chi connectivity index (χ0v) is 10.5. The average Bonchev–Trinajstić information content (AvgIpc) is 3.19. The van der Waals surface area contributed by atoms with Gasteiger partial charge in [0.1, 0.15) is 0 Å². The number of aliphatic hydroxyl groups is 1. The molecule has 98 valence electrons. The fraction of sp³-hybridized carbons (Fsp3) is 0.923. The number of amides is 1. The van der Waals surface area contributed by atoms with Crippen molar-refractivity contribution in [3.05, 3.63) is 0 Å². The summed E-state index contributed by atoms with van der Waals surface area (Å²) >= 11 is 0. The van der Waals surface area contributed by atoms with Crippen molar-refractivity contribution in [1.29, 1.82) is 0 Å². The molecule has 4 heteroatoms. The van der Waals surface area contributed by atoms with Crippen molar-refractivity contribution in [2.75, 3.05) is 13.1 Å². The predicted molar refractivity (Wildman–Crippen MR) is 66.6 cm³/mol. The number of carbonyl (C=O) groups excluding carboxylic acids is 1. The van der Waals surface area contributed by atoms with Crippen molar-refractivity contribution in [2.24, 2.45) is 5.92 Å². The zero-order valence-electron chi connectivity index (χ0n) is 10.5. The van der Waals surface area contributed by atoms with Crippen LogP contribution >= 0.6 is 0 Å². The van der Waals surface area contributed by atoms with E-state index >= 15 is 0 Å². The minimum atomic E-state index is -0.327. The van der Waals surface area contributed by atoms with E-state index in [1.165, 1.54) is 19.3 Å². The minimum Gasteiger partial charge on any atom is -0.391 e. The van der Waals surface area contributed by atoms with E-state index in [0.29, 0.717) is 24.9 Å². The largest absolute Gasteiger partial charge is 0.391 e. The van der Waals surface area contributed by atoms with Gasteiger partial charge in [-0.05, 0) is 44.6 Å². The van der Waals surface area contributed by atoms with Gasteiger partial charge in [0.05, 0.1) is 6.10 Å². The van der Waals surface area contributed by atoms with Gasteiger partial charge >= 0.3 is 0 Å². The normalized spacial score (nSPS) is 26.5. The maximum atomic E-state index is 11.6. The smallest absolute Gasteiger partial charge is 0.220 e. The van der Waals surface area contributed by atoms with Gasteiger partial charge in [-0.15, -0.1) is 0 Å². The summed E-state index contributed by atoms with van der Waals surface area (Å²) in [7, 11) is 0. The first kappa shape index (κ1) is 12.8. The van der Waals surface area contributed by atoms with E-state index in [-0.39, 0.29) is 12.0 Å². The Morgan fingerprint density at radius 3 is 2.82 bits per heavy atom. The number of hydrogen-bond donors (Lipinski definition) is 3. The summed E-state index contributed by atoms with van der Waals surface area (Å²) in [6.07, 6.45) is 7.13. The van der Waals surface area contributed by atoms with E-state index in [0.717, 1.165) is 25.8 Å². The molecule has 2 atom stereocenters. The minimum absolute atomic E-state index is 0.0806. The van der Waals surface area contributed by atoms with Crippen LogP contribution in [0, 0.1) is 5.92 Å². The van der Waals surface area contributed by atoms with Crippen LogP contribution in [-0.2, 0) is 4.79 Å². The molecule has 3 N–H and O–H groups in total. The SMILES string of the molecule is O=C(CCC1CCCCN1)NCC(O)C1CC1. The predicted octanol–water partition coefficient (Wildman–Crippen LogP) is 0.796. The molecule has 1 amide bonds. The van der Waals surface area contributed by atoms with Crippen LogP contribution in [0.15, 0.2) is 0 Å². The lowest BCUT2D eigenvalue weighted by atomic mass is 10.0. The van der Waals surface area contributed by atoms with Crippen LogP contribution in [0.25, 0.3) is 0 Å². The molecule has 2 aliphatic rings. The van der Waals surface area contributed by atoms with Crippen molar-refractivity contribution in [1.82, 2.24) is 10.6 Å². The monoisotopic (exact) mass is 240 g/mol. The second-order valence-corrected chi connectivity index (χ2v) is 5.39. The summed E-state index contributed by atoms with van der Waals surface area (Å²) in [5.41, 5.74) is 0. The Labute approximate surface area is 103 Å². The van der Waals surface area contributed by atoms with Crippen LogP contribution in [0.5, 0.6) is 0 Å². The zero-order chi connectivity index (χ0) is 12.1. The van der Waals surface area contributed by atoms with Crippen molar-refractivity contribution in [3.63, 3.8) is 0 Å². The molecule has 2 fully saturated rings. The Bertz CT molecular complexity index is 248. The number of rotatable bonds is 6. The van der Waals surface area contributed by atoms with Crippen LogP contribution in [0.1, 0.15) is 44.9 Å². The number of aliphatic hydroxyl groups excluding tert-OH is 1. The van der Waals surface area contributed by atoms with Gasteiger partial charge < -0.3 is 15.7 Å². The van der Waals surface area contributed by atoms with Gasteiger partial charge in [0.15, 0.2) is 0 Å². The van der Waals surface area contributed by atoms with Gasteiger partial charge in [0.25, 0.3) is 0 Å². The van der Waals surface area contributed by atoms with Crippen LogP contribution in [-0.4, -0.2) is 36.2 Å². The standard InChI is InChI=1S/C13H24N2O2/c16-12(10-4-5-10)9-15-13(17)7-6-11-3-1-2-8-14-11/h10-12,14,16H,1-9H2,(H,15,17). The Balaban J connectivity index is 1.53. The molecule has 0 aromatic rings. The molecule has 0 aromatic carbocycles. The molecule has 0 spiro atoms. The third-order valence-electron chi connectivity index (χ3n) is 3.81. The summed E-state index contributed by atoms with van der Waals surface area (Å²) in [4.78, 5) is 11.6. The molecule has 4 nitrogen and oxygen atoms in total. The second kappa shape index (κ2) is 6.36. The molecule has 1 saturated heterocycles. The van der Waals surface area contributed by atoms with Gasteiger partial charge in [-0.2, -0.15) is 0 Å². The van der Waals surface area contributed by atoms with Crippen molar-refractivity contribution in [3.8, 4) is 0 Å². The average molecular weight is 240 g/mol.